The number of aliphatic carboxylic acids is 1. The molecule has 0 aliphatic carbocycles. The van der Waals surface area contributed by atoms with Crippen molar-refractivity contribution in [1.82, 2.24) is 9.55 Å². The maximum Gasteiger partial charge on any atom is 0.310 e. The van der Waals surface area contributed by atoms with E-state index in [4.69, 9.17) is 9.84 Å². The van der Waals surface area contributed by atoms with E-state index >= 15 is 0 Å². The number of carboxylic acids is 1. The molecule has 0 amide bonds. The van der Waals surface area contributed by atoms with Gasteiger partial charge in [0.15, 0.2) is 0 Å². The Morgan fingerprint density at radius 2 is 2.57 bits per heavy atom. The summed E-state index contributed by atoms with van der Waals surface area (Å²) < 4.78 is 7.80. The van der Waals surface area contributed by atoms with Crippen molar-refractivity contribution in [2.75, 3.05) is 6.61 Å². The number of carbonyl (C=O) groups is 1. The molecule has 2 rings (SSSR count). The van der Waals surface area contributed by atoms with Gasteiger partial charge in [-0.1, -0.05) is 0 Å². The van der Waals surface area contributed by atoms with Crippen molar-refractivity contribution in [1.29, 1.82) is 0 Å². The standard InChI is InChI=1S/C8H9BrN2O3/c9-7-6-3-14-2-5(8(12)13)1-11(6)4-10-7/h4-5H,1-3H2,(H,12,13). The zero-order valence-electron chi connectivity index (χ0n) is 7.31. The molecule has 1 aromatic rings. The summed E-state index contributed by atoms with van der Waals surface area (Å²) in [6, 6.07) is 0. The van der Waals surface area contributed by atoms with Gasteiger partial charge in [-0.2, -0.15) is 0 Å². The van der Waals surface area contributed by atoms with Crippen LogP contribution in [0.1, 0.15) is 5.69 Å². The Balaban J connectivity index is 2.27. The van der Waals surface area contributed by atoms with Crippen LogP contribution < -0.4 is 0 Å². The number of halogens is 1. The third kappa shape index (κ3) is 1.67. The van der Waals surface area contributed by atoms with Crippen LogP contribution in [0.15, 0.2) is 10.9 Å². The lowest BCUT2D eigenvalue weighted by Crippen LogP contribution is -2.22. The summed E-state index contributed by atoms with van der Waals surface area (Å²) >= 11 is 3.28. The summed E-state index contributed by atoms with van der Waals surface area (Å²) in [4.78, 5) is 14.8. The van der Waals surface area contributed by atoms with Gasteiger partial charge in [-0.15, -0.1) is 0 Å². The number of aromatic nitrogens is 2. The predicted molar refractivity (Wildman–Crippen MR) is 50.7 cm³/mol. The number of rotatable bonds is 1. The first-order chi connectivity index (χ1) is 6.68. The lowest BCUT2D eigenvalue weighted by molar-refractivity contribution is -0.144. The molecule has 0 spiro atoms. The fourth-order valence-corrected chi connectivity index (χ4v) is 1.85. The molecule has 6 heteroatoms. The molecule has 0 fully saturated rings. The molecule has 5 nitrogen and oxygen atoms in total. The second kappa shape index (κ2) is 3.70. The Morgan fingerprint density at radius 3 is 3.29 bits per heavy atom. The highest BCUT2D eigenvalue weighted by Gasteiger charge is 2.24. The lowest BCUT2D eigenvalue weighted by Gasteiger charge is -2.08. The van der Waals surface area contributed by atoms with Gasteiger partial charge in [-0.05, 0) is 15.9 Å². The van der Waals surface area contributed by atoms with Gasteiger partial charge in [0.05, 0.1) is 31.2 Å². The van der Waals surface area contributed by atoms with Crippen molar-refractivity contribution in [3.8, 4) is 0 Å². The monoisotopic (exact) mass is 260 g/mol. The number of nitrogens with zero attached hydrogens (tertiary/aromatic N) is 2. The quantitative estimate of drug-likeness (QED) is 0.814. The first kappa shape index (κ1) is 9.67. The Labute approximate surface area is 88.8 Å². The second-order valence-electron chi connectivity index (χ2n) is 3.18. The molecule has 0 bridgehead atoms. The summed E-state index contributed by atoms with van der Waals surface area (Å²) in [5, 5.41) is 8.87. The summed E-state index contributed by atoms with van der Waals surface area (Å²) in [6.07, 6.45) is 1.63. The molecule has 0 aromatic carbocycles. The fourth-order valence-electron chi connectivity index (χ4n) is 1.42. The third-order valence-corrected chi connectivity index (χ3v) is 2.88. The number of carboxylic acid groups (broad SMARTS) is 1. The molecule has 76 valence electrons. The van der Waals surface area contributed by atoms with Crippen LogP contribution in [-0.2, 0) is 22.7 Å². The van der Waals surface area contributed by atoms with E-state index in [1.807, 2.05) is 4.57 Å². The molecule has 0 saturated heterocycles. The smallest absolute Gasteiger partial charge is 0.310 e. The van der Waals surface area contributed by atoms with Gasteiger partial charge < -0.3 is 14.4 Å². The number of fused-ring (bicyclic) bond motifs is 1. The molecule has 1 N–H and O–H groups in total. The van der Waals surface area contributed by atoms with Gasteiger partial charge in [0.25, 0.3) is 0 Å². The van der Waals surface area contributed by atoms with E-state index in [0.29, 0.717) is 13.2 Å². The third-order valence-electron chi connectivity index (χ3n) is 2.22. The maximum absolute atomic E-state index is 10.8. The Morgan fingerprint density at radius 1 is 1.79 bits per heavy atom. The van der Waals surface area contributed by atoms with Crippen LogP contribution in [0.2, 0.25) is 0 Å². The summed E-state index contributed by atoms with van der Waals surface area (Å²) in [5.41, 5.74) is 0.897. The molecule has 14 heavy (non-hydrogen) atoms. The minimum atomic E-state index is -0.831. The normalized spacial score (nSPS) is 21.4. The highest BCUT2D eigenvalue weighted by Crippen LogP contribution is 2.20. The molecular formula is C8H9BrN2O3. The van der Waals surface area contributed by atoms with Gasteiger partial charge in [0.1, 0.15) is 4.60 Å². The number of hydrogen-bond acceptors (Lipinski definition) is 3. The SMILES string of the molecule is O=C(O)C1COCc2c(Br)ncn2C1. The molecule has 1 unspecified atom stereocenters. The van der Waals surface area contributed by atoms with E-state index in [0.717, 1.165) is 10.3 Å². The van der Waals surface area contributed by atoms with Crippen LogP contribution >= 0.6 is 15.9 Å². The molecule has 0 radical (unpaired) electrons. The largest absolute Gasteiger partial charge is 0.481 e. The fraction of sp³-hybridized carbons (Fsp3) is 0.500. The number of imidazole rings is 1. The number of hydrogen-bond donors (Lipinski definition) is 1. The van der Waals surface area contributed by atoms with Crippen LogP contribution in [0.5, 0.6) is 0 Å². The van der Waals surface area contributed by atoms with E-state index in [-0.39, 0.29) is 6.61 Å². The van der Waals surface area contributed by atoms with Gasteiger partial charge in [-0.25, -0.2) is 4.98 Å². The van der Waals surface area contributed by atoms with Crippen LogP contribution in [0.4, 0.5) is 0 Å². The van der Waals surface area contributed by atoms with Crippen LogP contribution in [0.25, 0.3) is 0 Å². The highest BCUT2D eigenvalue weighted by molar-refractivity contribution is 9.10. The van der Waals surface area contributed by atoms with Crippen molar-refractivity contribution >= 4 is 21.9 Å². The molecule has 0 saturated carbocycles. The minimum absolute atomic E-state index is 0.253. The van der Waals surface area contributed by atoms with Crippen LogP contribution in [0.3, 0.4) is 0 Å². The van der Waals surface area contributed by atoms with E-state index in [9.17, 15) is 4.79 Å². The molecular weight excluding hydrogens is 252 g/mol. The van der Waals surface area contributed by atoms with Gasteiger partial charge in [0.2, 0.25) is 0 Å². The predicted octanol–water partition coefficient (Wildman–Crippen LogP) is 0.877. The lowest BCUT2D eigenvalue weighted by atomic mass is 10.1. The average Bonchev–Trinajstić information content (AvgIpc) is 2.40. The van der Waals surface area contributed by atoms with Gasteiger partial charge in [0, 0.05) is 6.54 Å². The van der Waals surface area contributed by atoms with Crippen LogP contribution in [0, 0.1) is 5.92 Å². The molecule has 1 atom stereocenters. The topological polar surface area (TPSA) is 64.3 Å². The van der Waals surface area contributed by atoms with Crippen molar-refractivity contribution in [2.24, 2.45) is 5.92 Å². The van der Waals surface area contributed by atoms with Crippen molar-refractivity contribution < 1.29 is 14.6 Å². The van der Waals surface area contributed by atoms with Crippen molar-refractivity contribution in [2.45, 2.75) is 13.2 Å². The molecule has 1 aliphatic heterocycles. The van der Waals surface area contributed by atoms with E-state index in [1.165, 1.54) is 0 Å². The number of ether oxygens (including phenoxy) is 1. The Kier molecular flexibility index (Phi) is 2.56. The van der Waals surface area contributed by atoms with E-state index in [2.05, 4.69) is 20.9 Å². The summed E-state index contributed by atoms with van der Waals surface area (Å²) in [6.45, 7) is 1.08. The first-order valence-electron chi connectivity index (χ1n) is 4.18. The van der Waals surface area contributed by atoms with Gasteiger partial charge in [-0.3, -0.25) is 4.79 Å². The first-order valence-corrected chi connectivity index (χ1v) is 4.98. The Bertz CT molecular complexity index is 363. The molecule has 1 aromatic heterocycles. The summed E-state index contributed by atoms with van der Waals surface area (Å²) in [7, 11) is 0. The van der Waals surface area contributed by atoms with Gasteiger partial charge >= 0.3 is 5.97 Å². The van der Waals surface area contributed by atoms with E-state index in [1.54, 1.807) is 6.33 Å². The van der Waals surface area contributed by atoms with Crippen LogP contribution in [-0.4, -0.2) is 27.2 Å². The zero-order chi connectivity index (χ0) is 10.1. The highest BCUT2D eigenvalue weighted by atomic mass is 79.9. The minimum Gasteiger partial charge on any atom is -0.481 e. The Hall–Kier alpha value is -0.880. The van der Waals surface area contributed by atoms with Crippen molar-refractivity contribution in [3.63, 3.8) is 0 Å². The maximum atomic E-state index is 10.8. The second-order valence-corrected chi connectivity index (χ2v) is 3.94. The zero-order valence-corrected chi connectivity index (χ0v) is 8.90. The average molecular weight is 261 g/mol. The van der Waals surface area contributed by atoms with E-state index < -0.39 is 11.9 Å². The molecule has 1 aliphatic rings. The summed E-state index contributed by atoms with van der Waals surface area (Å²) in [5.74, 6) is -1.32. The van der Waals surface area contributed by atoms with Crippen molar-refractivity contribution in [3.05, 3.63) is 16.6 Å². The molecule has 2 heterocycles.